The van der Waals surface area contributed by atoms with E-state index >= 15 is 0 Å². The average Bonchev–Trinajstić information content (AvgIpc) is 2.16. The Morgan fingerprint density at radius 2 is 1.23 bits per heavy atom. The summed E-state index contributed by atoms with van der Waals surface area (Å²) in [7, 11) is 0. The minimum atomic E-state index is 0.750. The summed E-state index contributed by atoms with van der Waals surface area (Å²) in [5.41, 5.74) is 0. The van der Waals surface area contributed by atoms with E-state index in [2.05, 4.69) is 19.2 Å². The Hall–Kier alpha value is -0.120. The minimum absolute atomic E-state index is 0.750. The van der Waals surface area contributed by atoms with Crippen LogP contribution >= 0.6 is 0 Å². The quantitative estimate of drug-likeness (QED) is 0.519. The third-order valence-corrected chi connectivity index (χ3v) is 1.42. The van der Waals surface area contributed by atoms with Gasteiger partial charge in [0.2, 0.25) is 0 Å². The Morgan fingerprint density at radius 3 is 1.62 bits per heavy atom. The highest BCUT2D eigenvalue weighted by atomic mass is 16.5. The van der Waals surface area contributed by atoms with Crippen molar-refractivity contribution < 1.29 is 9.47 Å². The van der Waals surface area contributed by atoms with Crippen LogP contribution in [0.2, 0.25) is 0 Å². The van der Waals surface area contributed by atoms with E-state index < -0.39 is 0 Å². The predicted octanol–water partition coefficient (Wildman–Crippen LogP) is 1.06. The lowest BCUT2D eigenvalue weighted by molar-refractivity contribution is 0.125. The van der Waals surface area contributed by atoms with Crippen molar-refractivity contribution in [2.75, 3.05) is 39.5 Å². The molecule has 0 aliphatic carbocycles. The SMILES string of the molecule is [CH2]CCOCCNCCOCC[CH2]. The van der Waals surface area contributed by atoms with Crippen LogP contribution in [0.3, 0.4) is 0 Å². The van der Waals surface area contributed by atoms with Gasteiger partial charge in [-0.25, -0.2) is 0 Å². The summed E-state index contributed by atoms with van der Waals surface area (Å²) in [6.07, 6.45) is 1.68. The molecule has 0 saturated heterocycles. The number of hydrogen-bond acceptors (Lipinski definition) is 3. The van der Waals surface area contributed by atoms with Crippen LogP contribution in [0.25, 0.3) is 0 Å². The first-order valence-corrected chi connectivity index (χ1v) is 4.86. The van der Waals surface area contributed by atoms with E-state index in [9.17, 15) is 0 Å². The minimum Gasteiger partial charge on any atom is -0.380 e. The topological polar surface area (TPSA) is 30.5 Å². The Kier molecular flexibility index (Phi) is 11.8. The molecule has 0 unspecified atom stereocenters. The number of rotatable bonds is 10. The largest absolute Gasteiger partial charge is 0.380 e. The summed E-state index contributed by atoms with van der Waals surface area (Å²) in [6.45, 7) is 12.1. The Bertz CT molecular complexity index is 79.0. The molecule has 0 rings (SSSR count). The summed E-state index contributed by atoms with van der Waals surface area (Å²) in [4.78, 5) is 0. The van der Waals surface area contributed by atoms with E-state index in [0.717, 1.165) is 52.4 Å². The van der Waals surface area contributed by atoms with Crippen LogP contribution in [-0.2, 0) is 9.47 Å². The highest BCUT2D eigenvalue weighted by Crippen LogP contribution is 1.79. The van der Waals surface area contributed by atoms with Crippen LogP contribution in [0.5, 0.6) is 0 Å². The summed E-state index contributed by atoms with van der Waals surface area (Å²) in [6, 6.07) is 0. The zero-order chi connectivity index (χ0) is 9.78. The van der Waals surface area contributed by atoms with Gasteiger partial charge in [-0.15, -0.1) is 0 Å². The Morgan fingerprint density at radius 1 is 0.769 bits per heavy atom. The normalized spacial score (nSPS) is 10.6. The lowest BCUT2D eigenvalue weighted by Crippen LogP contribution is -2.24. The zero-order valence-corrected chi connectivity index (χ0v) is 8.39. The van der Waals surface area contributed by atoms with E-state index in [1.165, 1.54) is 0 Å². The molecule has 0 heterocycles. The molecule has 3 nitrogen and oxygen atoms in total. The molecular weight excluding hydrogens is 166 g/mol. The molecule has 3 heteroatoms. The van der Waals surface area contributed by atoms with E-state index in [1.54, 1.807) is 0 Å². The second kappa shape index (κ2) is 11.9. The third kappa shape index (κ3) is 11.9. The monoisotopic (exact) mass is 187 g/mol. The van der Waals surface area contributed by atoms with E-state index in [4.69, 9.17) is 9.47 Å². The van der Waals surface area contributed by atoms with Gasteiger partial charge in [-0.3, -0.25) is 0 Å². The summed E-state index contributed by atoms with van der Waals surface area (Å²) in [5, 5.41) is 3.21. The predicted molar refractivity (Wildman–Crippen MR) is 54.5 cm³/mol. The molecule has 0 saturated carbocycles. The average molecular weight is 187 g/mol. The molecule has 0 fully saturated rings. The highest BCUT2D eigenvalue weighted by molar-refractivity contribution is 4.46. The summed E-state index contributed by atoms with van der Waals surface area (Å²) < 4.78 is 10.5. The molecule has 0 aromatic rings. The smallest absolute Gasteiger partial charge is 0.0590 e. The van der Waals surface area contributed by atoms with Gasteiger partial charge < -0.3 is 14.8 Å². The first-order valence-electron chi connectivity index (χ1n) is 4.86. The van der Waals surface area contributed by atoms with Crippen molar-refractivity contribution in [3.8, 4) is 0 Å². The van der Waals surface area contributed by atoms with Gasteiger partial charge in [0.1, 0.15) is 0 Å². The first kappa shape index (κ1) is 12.9. The molecule has 0 aliphatic rings. The van der Waals surface area contributed by atoms with Crippen LogP contribution in [0.15, 0.2) is 0 Å². The maximum absolute atomic E-state index is 5.23. The molecular formula is C10H21NO2. The maximum Gasteiger partial charge on any atom is 0.0590 e. The molecule has 0 amide bonds. The molecule has 78 valence electrons. The standard InChI is InChI=1S/C10H21NO2/c1-3-7-12-9-5-11-6-10-13-8-4-2/h11H,1-10H2. The molecule has 0 atom stereocenters. The van der Waals surface area contributed by atoms with Crippen molar-refractivity contribution in [2.24, 2.45) is 0 Å². The number of ether oxygens (including phenoxy) is 2. The Labute approximate surface area is 81.8 Å². The van der Waals surface area contributed by atoms with Crippen LogP contribution < -0.4 is 5.32 Å². The second-order valence-corrected chi connectivity index (χ2v) is 2.68. The van der Waals surface area contributed by atoms with E-state index in [-0.39, 0.29) is 0 Å². The Balaban J connectivity index is 2.76. The van der Waals surface area contributed by atoms with Crippen LogP contribution in [0.4, 0.5) is 0 Å². The fourth-order valence-corrected chi connectivity index (χ4v) is 0.822. The van der Waals surface area contributed by atoms with E-state index in [0.29, 0.717) is 0 Å². The van der Waals surface area contributed by atoms with Gasteiger partial charge in [0.05, 0.1) is 13.2 Å². The summed E-state index contributed by atoms with van der Waals surface area (Å²) in [5.74, 6) is 0. The van der Waals surface area contributed by atoms with Gasteiger partial charge in [-0.05, 0) is 12.8 Å². The van der Waals surface area contributed by atoms with Gasteiger partial charge in [0.25, 0.3) is 0 Å². The van der Waals surface area contributed by atoms with Gasteiger partial charge in [-0.2, -0.15) is 0 Å². The lowest BCUT2D eigenvalue weighted by Gasteiger charge is -2.05. The molecule has 0 bridgehead atoms. The van der Waals surface area contributed by atoms with Crippen LogP contribution in [0.1, 0.15) is 12.8 Å². The molecule has 0 aromatic carbocycles. The third-order valence-electron chi connectivity index (χ3n) is 1.42. The van der Waals surface area contributed by atoms with Gasteiger partial charge in [0, 0.05) is 26.3 Å². The molecule has 2 radical (unpaired) electrons. The van der Waals surface area contributed by atoms with Crippen LogP contribution in [-0.4, -0.2) is 39.5 Å². The molecule has 13 heavy (non-hydrogen) atoms. The molecule has 0 aromatic heterocycles. The van der Waals surface area contributed by atoms with Crippen molar-refractivity contribution in [2.45, 2.75) is 12.8 Å². The van der Waals surface area contributed by atoms with Crippen molar-refractivity contribution in [1.82, 2.24) is 5.32 Å². The lowest BCUT2D eigenvalue weighted by atomic mass is 10.5. The van der Waals surface area contributed by atoms with Crippen molar-refractivity contribution in [3.05, 3.63) is 13.8 Å². The second-order valence-electron chi connectivity index (χ2n) is 2.68. The number of hydrogen-bond donors (Lipinski definition) is 1. The molecule has 0 aliphatic heterocycles. The highest BCUT2D eigenvalue weighted by Gasteiger charge is 1.88. The fourth-order valence-electron chi connectivity index (χ4n) is 0.822. The summed E-state index contributed by atoms with van der Waals surface area (Å²) >= 11 is 0. The van der Waals surface area contributed by atoms with Crippen molar-refractivity contribution in [1.29, 1.82) is 0 Å². The fraction of sp³-hybridized carbons (Fsp3) is 0.800. The van der Waals surface area contributed by atoms with Crippen LogP contribution in [0, 0.1) is 13.8 Å². The number of nitrogens with one attached hydrogen (secondary N) is 1. The van der Waals surface area contributed by atoms with E-state index in [1.807, 2.05) is 0 Å². The maximum atomic E-state index is 5.23. The van der Waals surface area contributed by atoms with Gasteiger partial charge in [0.15, 0.2) is 0 Å². The molecule has 0 spiro atoms. The van der Waals surface area contributed by atoms with Crippen molar-refractivity contribution >= 4 is 0 Å². The molecule has 1 N–H and O–H groups in total. The van der Waals surface area contributed by atoms with Gasteiger partial charge >= 0.3 is 0 Å². The van der Waals surface area contributed by atoms with Gasteiger partial charge in [-0.1, -0.05) is 13.8 Å². The zero-order valence-electron chi connectivity index (χ0n) is 8.39. The first-order chi connectivity index (χ1) is 6.41. The van der Waals surface area contributed by atoms with Crippen molar-refractivity contribution in [3.63, 3.8) is 0 Å².